The Kier molecular flexibility index (Phi) is 4.75. The summed E-state index contributed by atoms with van der Waals surface area (Å²) in [4.78, 5) is 24.3. The monoisotopic (exact) mass is 353 g/mol. The second-order valence-corrected chi connectivity index (χ2v) is 6.88. The summed E-state index contributed by atoms with van der Waals surface area (Å²) in [6.45, 7) is 0.798. The van der Waals surface area contributed by atoms with Gasteiger partial charge in [-0.2, -0.15) is 11.8 Å². The second-order valence-electron chi connectivity index (χ2n) is 5.66. The van der Waals surface area contributed by atoms with Crippen LogP contribution in [0.1, 0.15) is 23.2 Å². The highest BCUT2D eigenvalue weighted by Crippen LogP contribution is 2.40. The number of carboxylic acids is 1. The van der Waals surface area contributed by atoms with E-state index in [0.717, 1.165) is 0 Å². The minimum atomic E-state index is -1.22. The molecule has 1 saturated heterocycles. The average molecular weight is 353 g/mol. The van der Waals surface area contributed by atoms with Crippen molar-refractivity contribution in [2.24, 2.45) is 0 Å². The highest BCUT2D eigenvalue weighted by Gasteiger charge is 2.41. The molecule has 2 N–H and O–H groups in total. The van der Waals surface area contributed by atoms with Crippen LogP contribution in [0.2, 0.25) is 0 Å². The van der Waals surface area contributed by atoms with Crippen LogP contribution in [0.25, 0.3) is 0 Å². The zero-order chi connectivity index (χ0) is 17.2. The van der Waals surface area contributed by atoms with Gasteiger partial charge in [-0.3, -0.25) is 4.79 Å². The van der Waals surface area contributed by atoms with Gasteiger partial charge in [-0.05, 0) is 36.5 Å². The van der Waals surface area contributed by atoms with Crippen LogP contribution in [0.15, 0.2) is 12.1 Å². The van der Waals surface area contributed by atoms with Gasteiger partial charge in [0, 0.05) is 5.56 Å². The van der Waals surface area contributed by atoms with Gasteiger partial charge in [0.15, 0.2) is 11.5 Å². The van der Waals surface area contributed by atoms with Crippen LogP contribution >= 0.6 is 11.8 Å². The number of nitrogens with one attached hydrogen (secondary N) is 1. The number of methoxy groups -OCH3 is 1. The molecule has 0 spiro atoms. The van der Waals surface area contributed by atoms with Gasteiger partial charge in [0.2, 0.25) is 5.75 Å². The first-order valence-corrected chi connectivity index (χ1v) is 8.82. The van der Waals surface area contributed by atoms with Crippen LogP contribution in [0.4, 0.5) is 0 Å². The van der Waals surface area contributed by atoms with E-state index < -0.39 is 17.4 Å². The van der Waals surface area contributed by atoms with Crippen molar-refractivity contribution in [1.82, 2.24) is 5.32 Å². The number of rotatable bonds is 4. The van der Waals surface area contributed by atoms with E-state index in [4.69, 9.17) is 14.2 Å². The molecule has 24 heavy (non-hydrogen) atoms. The van der Waals surface area contributed by atoms with Gasteiger partial charge in [0.05, 0.1) is 7.11 Å². The third kappa shape index (κ3) is 3.10. The van der Waals surface area contributed by atoms with E-state index in [1.807, 2.05) is 0 Å². The van der Waals surface area contributed by atoms with Crippen molar-refractivity contribution in [3.8, 4) is 17.2 Å². The molecule has 0 aliphatic carbocycles. The van der Waals surface area contributed by atoms with Crippen LogP contribution in [-0.2, 0) is 4.79 Å². The second kappa shape index (κ2) is 6.80. The molecule has 8 heteroatoms. The molecule has 2 heterocycles. The maximum Gasteiger partial charge on any atom is 0.329 e. The lowest BCUT2D eigenvalue weighted by Gasteiger charge is -2.33. The number of aliphatic carboxylic acids is 1. The number of carboxylic acid groups (broad SMARTS) is 1. The Morgan fingerprint density at radius 2 is 1.96 bits per heavy atom. The van der Waals surface area contributed by atoms with E-state index in [9.17, 15) is 14.7 Å². The van der Waals surface area contributed by atoms with Crippen LogP contribution in [0.5, 0.6) is 17.2 Å². The lowest BCUT2D eigenvalue weighted by Crippen LogP contribution is -2.56. The minimum absolute atomic E-state index is 0.287. The number of ether oxygens (including phenoxy) is 3. The van der Waals surface area contributed by atoms with Gasteiger partial charge < -0.3 is 24.6 Å². The van der Waals surface area contributed by atoms with Gasteiger partial charge in [-0.1, -0.05) is 0 Å². The molecule has 1 aromatic rings. The zero-order valence-electron chi connectivity index (χ0n) is 13.3. The number of hydrogen-bond donors (Lipinski definition) is 2. The number of fused-ring (bicyclic) bond motifs is 1. The van der Waals surface area contributed by atoms with Gasteiger partial charge in [0.1, 0.15) is 18.8 Å². The Morgan fingerprint density at radius 3 is 2.62 bits per heavy atom. The van der Waals surface area contributed by atoms with Crippen molar-refractivity contribution >= 4 is 23.6 Å². The molecule has 0 bridgehead atoms. The first-order valence-electron chi connectivity index (χ1n) is 7.67. The quantitative estimate of drug-likeness (QED) is 0.848. The standard InChI is InChI=1S/C16H19NO6S/c1-21-11-8-10(9-12-13(11)23-5-4-22-12)14(18)17-16(15(19)20)2-6-24-7-3-16/h8-9H,2-7H2,1H3,(H,17,18)(H,19,20). The van der Waals surface area contributed by atoms with E-state index in [1.54, 1.807) is 17.8 Å². The molecule has 1 aromatic carbocycles. The molecule has 2 aliphatic heterocycles. The topological polar surface area (TPSA) is 94.1 Å². The Bertz CT molecular complexity index is 639. The van der Waals surface area contributed by atoms with Crippen molar-refractivity contribution in [3.05, 3.63) is 17.7 Å². The van der Waals surface area contributed by atoms with E-state index in [2.05, 4.69) is 5.32 Å². The predicted molar refractivity (Wildman–Crippen MR) is 88.4 cm³/mol. The summed E-state index contributed by atoms with van der Waals surface area (Å²) < 4.78 is 16.3. The van der Waals surface area contributed by atoms with Gasteiger partial charge in [-0.15, -0.1) is 0 Å². The van der Waals surface area contributed by atoms with Crippen molar-refractivity contribution in [1.29, 1.82) is 0 Å². The predicted octanol–water partition coefficient (Wildman–Crippen LogP) is 1.55. The van der Waals surface area contributed by atoms with Crippen molar-refractivity contribution in [2.75, 3.05) is 31.8 Å². The largest absolute Gasteiger partial charge is 0.493 e. The van der Waals surface area contributed by atoms with E-state index in [0.29, 0.717) is 54.8 Å². The lowest BCUT2D eigenvalue weighted by atomic mass is 9.91. The van der Waals surface area contributed by atoms with Crippen molar-refractivity contribution in [3.63, 3.8) is 0 Å². The fraction of sp³-hybridized carbons (Fsp3) is 0.500. The lowest BCUT2D eigenvalue weighted by molar-refractivity contribution is -0.144. The summed E-state index contributed by atoms with van der Waals surface area (Å²) in [6.07, 6.45) is 0.806. The molecule has 0 saturated carbocycles. The summed E-state index contributed by atoms with van der Waals surface area (Å²) in [5, 5.41) is 12.3. The maximum atomic E-state index is 12.6. The number of carbonyl (C=O) groups is 2. The average Bonchev–Trinajstić information content (AvgIpc) is 2.61. The fourth-order valence-corrected chi connectivity index (χ4v) is 4.00. The van der Waals surface area contributed by atoms with Crippen molar-refractivity contribution < 1.29 is 28.9 Å². The molecule has 1 amide bonds. The van der Waals surface area contributed by atoms with Crippen LogP contribution < -0.4 is 19.5 Å². The fourth-order valence-electron chi connectivity index (χ4n) is 2.81. The number of hydrogen-bond acceptors (Lipinski definition) is 6. The Balaban J connectivity index is 1.88. The first kappa shape index (κ1) is 16.8. The summed E-state index contributed by atoms with van der Waals surface area (Å²) in [6, 6.07) is 3.09. The van der Waals surface area contributed by atoms with E-state index >= 15 is 0 Å². The number of benzene rings is 1. The Morgan fingerprint density at radius 1 is 1.25 bits per heavy atom. The Hall–Kier alpha value is -2.09. The molecule has 2 aliphatic rings. The van der Waals surface area contributed by atoms with Crippen LogP contribution in [0.3, 0.4) is 0 Å². The van der Waals surface area contributed by atoms with E-state index in [-0.39, 0.29) is 5.56 Å². The molecule has 0 unspecified atom stereocenters. The van der Waals surface area contributed by atoms with Gasteiger partial charge in [-0.25, -0.2) is 4.79 Å². The number of amides is 1. The molecule has 0 radical (unpaired) electrons. The summed E-state index contributed by atoms with van der Waals surface area (Å²) in [7, 11) is 1.48. The third-order valence-corrected chi connectivity index (χ3v) is 5.18. The third-order valence-electron chi connectivity index (χ3n) is 4.20. The Labute approximate surface area is 143 Å². The highest BCUT2D eigenvalue weighted by molar-refractivity contribution is 7.99. The highest BCUT2D eigenvalue weighted by atomic mass is 32.2. The van der Waals surface area contributed by atoms with Crippen LogP contribution in [0, 0.1) is 0 Å². The zero-order valence-corrected chi connectivity index (χ0v) is 14.1. The normalized spacial score (nSPS) is 18.5. The summed E-state index contributed by atoms with van der Waals surface area (Å²) in [5.41, 5.74) is -0.932. The molecule has 7 nitrogen and oxygen atoms in total. The molecule has 130 valence electrons. The van der Waals surface area contributed by atoms with Gasteiger partial charge in [0.25, 0.3) is 5.91 Å². The number of carbonyl (C=O) groups excluding carboxylic acids is 1. The van der Waals surface area contributed by atoms with Crippen molar-refractivity contribution in [2.45, 2.75) is 18.4 Å². The minimum Gasteiger partial charge on any atom is -0.493 e. The molecule has 0 aromatic heterocycles. The van der Waals surface area contributed by atoms with Gasteiger partial charge >= 0.3 is 5.97 Å². The SMILES string of the molecule is COc1cc(C(=O)NC2(C(=O)O)CCSCC2)cc2c1OCCO2. The van der Waals surface area contributed by atoms with E-state index in [1.165, 1.54) is 13.2 Å². The molecule has 0 atom stereocenters. The number of thioether (sulfide) groups is 1. The molecular weight excluding hydrogens is 334 g/mol. The van der Waals surface area contributed by atoms with Crippen LogP contribution in [-0.4, -0.2) is 54.4 Å². The summed E-state index contributed by atoms with van der Waals surface area (Å²) in [5.74, 6) is 1.23. The summed E-state index contributed by atoms with van der Waals surface area (Å²) >= 11 is 1.69. The molecule has 1 fully saturated rings. The smallest absolute Gasteiger partial charge is 0.329 e. The maximum absolute atomic E-state index is 12.6. The molecule has 3 rings (SSSR count). The first-order chi connectivity index (χ1) is 11.6. The molecular formula is C16H19NO6S.